The summed E-state index contributed by atoms with van der Waals surface area (Å²) < 4.78 is 1.78. The van der Waals surface area contributed by atoms with Gasteiger partial charge >= 0.3 is 0 Å². The Morgan fingerprint density at radius 1 is 1.37 bits per heavy atom. The normalized spacial score (nSPS) is 15.2. The zero-order chi connectivity index (χ0) is 21.3. The molecule has 1 aromatic carbocycles. The maximum absolute atomic E-state index is 13.4. The van der Waals surface area contributed by atoms with Gasteiger partial charge in [0.15, 0.2) is 5.16 Å². The molecule has 4 rings (SSSR count). The van der Waals surface area contributed by atoms with Crippen LogP contribution in [0.5, 0.6) is 0 Å². The van der Waals surface area contributed by atoms with Crippen LogP contribution < -0.4 is 16.6 Å². The Bertz CT molecular complexity index is 1200. The maximum atomic E-state index is 13.4. The lowest BCUT2D eigenvalue weighted by atomic mass is 10.2. The molecule has 0 bridgehead atoms. The topological polar surface area (TPSA) is 123 Å². The van der Waals surface area contributed by atoms with Gasteiger partial charge in [-0.3, -0.25) is 9.36 Å². The first-order valence-corrected chi connectivity index (χ1v) is 10.9. The predicted octanol–water partition coefficient (Wildman–Crippen LogP) is 3.96. The predicted molar refractivity (Wildman–Crippen MR) is 119 cm³/mol. The van der Waals surface area contributed by atoms with Crippen LogP contribution in [0.4, 0.5) is 11.8 Å². The molecule has 0 spiro atoms. The molecule has 2 heterocycles. The zero-order valence-electron chi connectivity index (χ0n) is 16.3. The van der Waals surface area contributed by atoms with E-state index < -0.39 is 0 Å². The molecule has 1 atom stereocenters. The Morgan fingerprint density at radius 2 is 2.13 bits per heavy atom. The molecule has 3 N–H and O–H groups in total. The quantitative estimate of drug-likeness (QED) is 0.346. The van der Waals surface area contributed by atoms with E-state index >= 15 is 0 Å². The summed E-state index contributed by atoms with van der Waals surface area (Å²) in [5.74, 6) is 0.429. The van der Waals surface area contributed by atoms with Crippen molar-refractivity contribution in [2.24, 2.45) is 0 Å². The molecule has 0 unspecified atom stereocenters. The van der Waals surface area contributed by atoms with Crippen molar-refractivity contribution in [2.45, 2.75) is 49.2 Å². The summed E-state index contributed by atoms with van der Waals surface area (Å²) >= 11 is 7.72. The van der Waals surface area contributed by atoms with Gasteiger partial charge < -0.3 is 11.1 Å². The average molecular weight is 442 g/mol. The number of nitriles is 1. The van der Waals surface area contributed by atoms with Crippen molar-refractivity contribution >= 4 is 46.0 Å². The number of thioether (sulfide) groups is 1. The first-order chi connectivity index (χ1) is 14.5. The minimum Gasteiger partial charge on any atom is -0.368 e. The zero-order valence-corrected chi connectivity index (χ0v) is 17.9. The standard InChI is InChI=1S/C20H20ClN7OS/c1-11(25-17-12(9-22)10-24-19(23)27-17)30-20-26-15-8-4-7-14(21)16(15)18(29)28(20)13-5-2-3-6-13/h4,7-8,10-11,13H,2-3,5-6H2,1H3,(H3,23,24,25,27)/t11-/m1/s1. The van der Waals surface area contributed by atoms with Gasteiger partial charge in [-0.05, 0) is 31.9 Å². The van der Waals surface area contributed by atoms with E-state index in [2.05, 4.69) is 15.3 Å². The molecule has 10 heteroatoms. The molecule has 0 radical (unpaired) electrons. The van der Waals surface area contributed by atoms with Gasteiger partial charge in [0.25, 0.3) is 5.56 Å². The number of benzene rings is 1. The van der Waals surface area contributed by atoms with E-state index in [9.17, 15) is 10.1 Å². The minimum atomic E-state index is -0.234. The first kappa shape index (κ1) is 20.4. The third-order valence-electron chi connectivity index (χ3n) is 5.09. The summed E-state index contributed by atoms with van der Waals surface area (Å²) in [6, 6.07) is 7.45. The van der Waals surface area contributed by atoms with Crippen molar-refractivity contribution in [3.05, 3.63) is 45.3 Å². The Balaban J connectivity index is 1.73. The van der Waals surface area contributed by atoms with E-state index in [0.717, 1.165) is 25.7 Å². The molecule has 0 amide bonds. The van der Waals surface area contributed by atoms with Gasteiger partial charge in [-0.25, -0.2) is 9.97 Å². The molecule has 0 aliphatic heterocycles. The van der Waals surface area contributed by atoms with Crippen LogP contribution in [0, 0.1) is 11.3 Å². The molecule has 154 valence electrons. The third kappa shape index (κ3) is 3.93. The van der Waals surface area contributed by atoms with Crippen LogP contribution >= 0.6 is 23.4 Å². The van der Waals surface area contributed by atoms with Gasteiger partial charge in [0.2, 0.25) is 5.95 Å². The number of rotatable bonds is 5. The van der Waals surface area contributed by atoms with E-state index in [1.54, 1.807) is 22.8 Å². The van der Waals surface area contributed by atoms with E-state index in [0.29, 0.717) is 32.5 Å². The summed E-state index contributed by atoms with van der Waals surface area (Å²) in [5.41, 5.74) is 6.41. The van der Waals surface area contributed by atoms with E-state index in [4.69, 9.17) is 22.3 Å². The highest BCUT2D eigenvalue weighted by atomic mass is 35.5. The molecule has 1 saturated carbocycles. The highest BCUT2D eigenvalue weighted by Crippen LogP contribution is 2.34. The Kier molecular flexibility index (Phi) is 5.79. The number of halogens is 1. The number of nitrogen functional groups attached to an aromatic ring is 1. The highest BCUT2D eigenvalue weighted by Gasteiger charge is 2.25. The lowest BCUT2D eigenvalue weighted by molar-refractivity contribution is 0.457. The molecular formula is C20H20ClN7OS. The second-order valence-corrected chi connectivity index (χ2v) is 8.86. The van der Waals surface area contributed by atoms with Gasteiger partial charge in [0, 0.05) is 6.04 Å². The number of aromatic nitrogens is 4. The van der Waals surface area contributed by atoms with Gasteiger partial charge in [-0.1, -0.05) is 42.3 Å². The monoisotopic (exact) mass is 441 g/mol. The molecule has 1 fully saturated rings. The van der Waals surface area contributed by atoms with Crippen LogP contribution in [-0.2, 0) is 0 Å². The summed E-state index contributed by atoms with van der Waals surface area (Å²) in [7, 11) is 0. The van der Waals surface area contributed by atoms with Gasteiger partial charge in [-0.2, -0.15) is 10.2 Å². The van der Waals surface area contributed by atoms with Crippen molar-refractivity contribution in [1.82, 2.24) is 19.5 Å². The fourth-order valence-corrected chi connectivity index (χ4v) is 4.95. The van der Waals surface area contributed by atoms with Crippen molar-refractivity contribution in [2.75, 3.05) is 11.1 Å². The highest BCUT2D eigenvalue weighted by molar-refractivity contribution is 7.99. The molecular weight excluding hydrogens is 422 g/mol. The number of nitrogens with one attached hydrogen (secondary N) is 1. The van der Waals surface area contributed by atoms with Crippen LogP contribution in [0.25, 0.3) is 10.9 Å². The van der Waals surface area contributed by atoms with E-state index in [-0.39, 0.29) is 22.9 Å². The summed E-state index contributed by atoms with van der Waals surface area (Å²) in [6.07, 6.45) is 5.43. The Labute approximate surface area is 182 Å². The van der Waals surface area contributed by atoms with Crippen LogP contribution in [0.2, 0.25) is 5.02 Å². The number of anilines is 2. The molecule has 8 nitrogen and oxygen atoms in total. The largest absolute Gasteiger partial charge is 0.368 e. The average Bonchev–Trinajstić information content (AvgIpc) is 3.22. The molecule has 1 aliphatic rings. The van der Waals surface area contributed by atoms with Crippen LogP contribution in [0.3, 0.4) is 0 Å². The summed E-state index contributed by atoms with van der Waals surface area (Å²) in [4.78, 5) is 26.1. The third-order valence-corrected chi connectivity index (χ3v) is 6.37. The van der Waals surface area contributed by atoms with Crippen LogP contribution in [0.1, 0.15) is 44.2 Å². The number of nitrogens with zero attached hydrogens (tertiary/aromatic N) is 5. The van der Waals surface area contributed by atoms with Crippen LogP contribution in [-0.4, -0.2) is 24.9 Å². The summed E-state index contributed by atoms with van der Waals surface area (Å²) in [6.45, 7) is 1.91. The lowest BCUT2D eigenvalue weighted by Gasteiger charge is -2.21. The molecule has 3 aromatic rings. The fraction of sp³-hybridized carbons (Fsp3) is 0.350. The fourth-order valence-electron chi connectivity index (χ4n) is 3.72. The second kappa shape index (κ2) is 8.50. The molecule has 30 heavy (non-hydrogen) atoms. The van der Waals surface area contributed by atoms with Crippen molar-refractivity contribution in [1.29, 1.82) is 5.26 Å². The van der Waals surface area contributed by atoms with Crippen molar-refractivity contribution < 1.29 is 0 Å². The number of nitrogens with two attached hydrogens (primary N) is 1. The molecule has 1 aliphatic carbocycles. The lowest BCUT2D eigenvalue weighted by Crippen LogP contribution is -2.28. The van der Waals surface area contributed by atoms with Crippen molar-refractivity contribution in [3.8, 4) is 6.07 Å². The maximum Gasteiger partial charge on any atom is 0.263 e. The molecule has 0 saturated heterocycles. The van der Waals surface area contributed by atoms with E-state index in [1.807, 2.05) is 13.0 Å². The van der Waals surface area contributed by atoms with Crippen LogP contribution in [0.15, 0.2) is 34.3 Å². The second-order valence-electron chi connectivity index (χ2n) is 7.15. The Morgan fingerprint density at radius 3 is 2.87 bits per heavy atom. The SMILES string of the molecule is C[C@H](Nc1nc(N)ncc1C#N)Sc1nc2cccc(Cl)c2c(=O)n1C1CCCC1. The van der Waals surface area contributed by atoms with Gasteiger partial charge in [0.05, 0.1) is 27.5 Å². The van der Waals surface area contributed by atoms with Crippen molar-refractivity contribution in [3.63, 3.8) is 0 Å². The number of hydrogen-bond acceptors (Lipinski definition) is 8. The van der Waals surface area contributed by atoms with Gasteiger partial charge in [0.1, 0.15) is 17.5 Å². The minimum absolute atomic E-state index is 0.0787. The van der Waals surface area contributed by atoms with Gasteiger partial charge in [-0.15, -0.1) is 0 Å². The summed E-state index contributed by atoms with van der Waals surface area (Å²) in [5, 5.41) is 13.7. The Hall–Kier alpha value is -2.83. The first-order valence-electron chi connectivity index (χ1n) is 9.64. The van der Waals surface area contributed by atoms with E-state index in [1.165, 1.54) is 18.0 Å². The number of fused-ring (bicyclic) bond motifs is 1. The smallest absolute Gasteiger partial charge is 0.263 e. The number of hydrogen-bond donors (Lipinski definition) is 2. The molecule has 2 aromatic heterocycles.